The SMILES string of the molecule is CCC(Oc1cccc(C)c1)C(=O)N1CCCC(C)C1. The van der Waals surface area contributed by atoms with Gasteiger partial charge in [-0.15, -0.1) is 0 Å². The fourth-order valence-electron chi connectivity index (χ4n) is 2.75. The molecule has 0 aliphatic carbocycles. The van der Waals surface area contributed by atoms with Gasteiger partial charge in [-0.05, 0) is 49.8 Å². The Morgan fingerprint density at radius 3 is 2.95 bits per heavy atom. The lowest BCUT2D eigenvalue weighted by Crippen LogP contribution is -2.46. The number of carbonyl (C=O) groups is 1. The Balaban J connectivity index is 2.02. The molecule has 1 amide bonds. The third-order valence-corrected chi connectivity index (χ3v) is 3.88. The van der Waals surface area contributed by atoms with Crippen molar-refractivity contribution < 1.29 is 9.53 Å². The number of nitrogens with zero attached hydrogens (tertiary/aromatic N) is 1. The van der Waals surface area contributed by atoms with Gasteiger partial charge < -0.3 is 9.64 Å². The molecule has 0 N–H and O–H groups in total. The van der Waals surface area contributed by atoms with E-state index in [0.29, 0.717) is 12.3 Å². The predicted octanol–water partition coefficient (Wildman–Crippen LogP) is 3.41. The van der Waals surface area contributed by atoms with E-state index >= 15 is 0 Å². The molecule has 110 valence electrons. The van der Waals surface area contributed by atoms with Crippen LogP contribution in [0.5, 0.6) is 5.75 Å². The number of rotatable bonds is 4. The van der Waals surface area contributed by atoms with Crippen molar-refractivity contribution in [2.24, 2.45) is 5.92 Å². The average Bonchev–Trinajstić information content (AvgIpc) is 2.44. The highest BCUT2D eigenvalue weighted by Crippen LogP contribution is 2.20. The van der Waals surface area contributed by atoms with E-state index in [1.54, 1.807) is 0 Å². The van der Waals surface area contributed by atoms with Crippen LogP contribution in [-0.2, 0) is 4.79 Å². The number of piperidine rings is 1. The highest BCUT2D eigenvalue weighted by molar-refractivity contribution is 5.81. The second kappa shape index (κ2) is 6.78. The Morgan fingerprint density at radius 1 is 1.50 bits per heavy atom. The Hall–Kier alpha value is -1.51. The van der Waals surface area contributed by atoms with Crippen LogP contribution in [-0.4, -0.2) is 30.0 Å². The van der Waals surface area contributed by atoms with Crippen LogP contribution in [0.4, 0.5) is 0 Å². The van der Waals surface area contributed by atoms with Crippen molar-refractivity contribution in [1.82, 2.24) is 4.90 Å². The van der Waals surface area contributed by atoms with E-state index in [2.05, 4.69) is 6.92 Å². The number of carbonyl (C=O) groups excluding carboxylic acids is 1. The molecule has 1 aliphatic heterocycles. The summed E-state index contributed by atoms with van der Waals surface area (Å²) in [7, 11) is 0. The molecule has 0 aromatic heterocycles. The first-order valence-electron chi connectivity index (χ1n) is 7.62. The predicted molar refractivity (Wildman–Crippen MR) is 80.9 cm³/mol. The monoisotopic (exact) mass is 275 g/mol. The van der Waals surface area contributed by atoms with Crippen molar-refractivity contribution in [3.63, 3.8) is 0 Å². The molecule has 0 spiro atoms. The molecule has 0 saturated carbocycles. The maximum absolute atomic E-state index is 12.6. The Bertz CT molecular complexity index is 458. The van der Waals surface area contributed by atoms with E-state index in [9.17, 15) is 4.79 Å². The largest absolute Gasteiger partial charge is 0.481 e. The van der Waals surface area contributed by atoms with Crippen LogP contribution >= 0.6 is 0 Å². The molecule has 1 saturated heterocycles. The number of hydrogen-bond donors (Lipinski definition) is 0. The van der Waals surface area contributed by atoms with Gasteiger partial charge in [-0.1, -0.05) is 26.0 Å². The van der Waals surface area contributed by atoms with E-state index in [0.717, 1.165) is 30.8 Å². The molecule has 0 radical (unpaired) electrons. The van der Waals surface area contributed by atoms with Crippen LogP contribution in [0, 0.1) is 12.8 Å². The molecule has 3 heteroatoms. The molecule has 20 heavy (non-hydrogen) atoms. The number of ether oxygens (including phenoxy) is 1. The molecule has 3 nitrogen and oxygen atoms in total. The zero-order valence-electron chi connectivity index (χ0n) is 12.8. The van der Waals surface area contributed by atoms with Crippen molar-refractivity contribution in [2.45, 2.75) is 46.1 Å². The zero-order chi connectivity index (χ0) is 14.5. The summed E-state index contributed by atoms with van der Waals surface area (Å²) in [4.78, 5) is 14.5. The van der Waals surface area contributed by atoms with Crippen molar-refractivity contribution in [2.75, 3.05) is 13.1 Å². The van der Waals surface area contributed by atoms with Crippen molar-refractivity contribution in [3.05, 3.63) is 29.8 Å². The van der Waals surface area contributed by atoms with Crippen LogP contribution in [0.3, 0.4) is 0 Å². The molecule has 1 aromatic carbocycles. The lowest BCUT2D eigenvalue weighted by Gasteiger charge is -2.33. The molecule has 2 atom stereocenters. The van der Waals surface area contributed by atoms with E-state index in [4.69, 9.17) is 4.74 Å². The highest BCUT2D eigenvalue weighted by atomic mass is 16.5. The highest BCUT2D eigenvalue weighted by Gasteiger charge is 2.27. The maximum atomic E-state index is 12.6. The van der Waals surface area contributed by atoms with Crippen molar-refractivity contribution in [3.8, 4) is 5.75 Å². The molecule has 1 heterocycles. The molecule has 2 unspecified atom stereocenters. The average molecular weight is 275 g/mol. The van der Waals surface area contributed by atoms with E-state index in [-0.39, 0.29) is 12.0 Å². The van der Waals surface area contributed by atoms with Gasteiger partial charge in [-0.3, -0.25) is 4.79 Å². The van der Waals surface area contributed by atoms with E-state index < -0.39 is 0 Å². The lowest BCUT2D eigenvalue weighted by molar-refractivity contribution is -0.140. The first kappa shape index (κ1) is 14.9. The Morgan fingerprint density at radius 2 is 2.30 bits per heavy atom. The standard InChI is InChI=1S/C17H25NO2/c1-4-16(20-15-9-5-7-13(2)11-15)17(19)18-10-6-8-14(3)12-18/h5,7,9,11,14,16H,4,6,8,10,12H2,1-3H3. The second-order valence-corrected chi connectivity index (χ2v) is 5.86. The van der Waals surface area contributed by atoms with Gasteiger partial charge in [0.05, 0.1) is 0 Å². The first-order valence-corrected chi connectivity index (χ1v) is 7.62. The normalized spacial score (nSPS) is 20.6. The van der Waals surface area contributed by atoms with Crippen LogP contribution in [0.25, 0.3) is 0 Å². The third kappa shape index (κ3) is 3.75. The number of amides is 1. The minimum absolute atomic E-state index is 0.139. The van der Waals surface area contributed by atoms with Gasteiger partial charge in [0.2, 0.25) is 0 Å². The summed E-state index contributed by atoms with van der Waals surface area (Å²) < 4.78 is 5.90. The maximum Gasteiger partial charge on any atom is 0.263 e. The third-order valence-electron chi connectivity index (χ3n) is 3.88. The number of benzene rings is 1. The first-order chi connectivity index (χ1) is 9.60. The van der Waals surface area contributed by atoms with Crippen LogP contribution in [0.1, 0.15) is 38.7 Å². The van der Waals surface area contributed by atoms with Crippen LogP contribution in [0.2, 0.25) is 0 Å². The van der Waals surface area contributed by atoms with E-state index in [1.165, 1.54) is 6.42 Å². The smallest absolute Gasteiger partial charge is 0.263 e. The number of aryl methyl sites for hydroxylation is 1. The van der Waals surface area contributed by atoms with Gasteiger partial charge in [0.15, 0.2) is 6.10 Å². The summed E-state index contributed by atoms with van der Waals surface area (Å²) >= 11 is 0. The lowest BCUT2D eigenvalue weighted by atomic mass is 9.99. The fraction of sp³-hybridized carbons (Fsp3) is 0.588. The zero-order valence-corrected chi connectivity index (χ0v) is 12.8. The Labute approximate surface area is 121 Å². The topological polar surface area (TPSA) is 29.5 Å². The number of hydrogen-bond acceptors (Lipinski definition) is 2. The van der Waals surface area contributed by atoms with E-state index in [1.807, 2.05) is 43.0 Å². The molecule has 1 aromatic rings. The molecule has 0 bridgehead atoms. The van der Waals surface area contributed by atoms with Gasteiger partial charge in [-0.25, -0.2) is 0 Å². The minimum atomic E-state index is -0.359. The van der Waals surface area contributed by atoms with Gasteiger partial charge in [0.1, 0.15) is 5.75 Å². The molecular formula is C17H25NO2. The van der Waals surface area contributed by atoms with Crippen molar-refractivity contribution in [1.29, 1.82) is 0 Å². The quantitative estimate of drug-likeness (QED) is 0.842. The minimum Gasteiger partial charge on any atom is -0.481 e. The van der Waals surface area contributed by atoms with Crippen molar-refractivity contribution >= 4 is 5.91 Å². The summed E-state index contributed by atoms with van der Waals surface area (Å²) in [5, 5.41) is 0. The molecule has 2 rings (SSSR count). The summed E-state index contributed by atoms with van der Waals surface area (Å²) in [6.07, 6.45) is 2.67. The molecular weight excluding hydrogens is 250 g/mol. The van der Waals surface area contributed by atoms with Gasteiger partial charge in [0.25, 0.3) is 5.91 Å². The summed E-state index contributed by atoms with van der Waals surface area (Å²) in [6.45, 7) is 7.98. The summed E-state index contributed by atoms with van der Waals surface area (Å²) in [5.74, 6) is 1.53. The van der Waals surface area contributed by atoms with Crippen LogP contribution < -0.4 is 4.74 Å². The van der Waals surface area contributed by atoms with Gasteiger partial charge >= 0.3 is 0 Å². The fourth-order valence-corrected chi connectivity index (χ4v) is 2.75. The Kier molecular flexibility index (Phi) is 5.05. The summed E-state index contributed by atoms with van der Waals surface area (Å²) in [5.41, 5.74) is 1.15. The molecule has 1 fully saturated rings. The summed E-state index contributed by atoms with van der Waals surface area (Å²) in [6, 6.07) is 7.89. The second-order valence-electron chi connectivity index (χ2n) is 5.86. The van der Waals surface area contributed by atoms with Crippen LogP contribution in [0.15, 0.2) is 24.3 Å². The van der Waals surface area contributed by atoms with Gasteiger partial charge in [-0.2, -0.15) is 0 Å². The molecule has 1 aliphatic rings. The number of likely N-dealkylation sites (tertiary alicyclic amines) is 1. The van der Waals surface area contributed by atoms with Gasteiger partial charge in [0, 0.05) is 13.1 Å².